The van der Waals surface area contributed by atoms with Gasteiger partial charge in [-0.15, -0.1) is 0 Å². The van der Waals surface area contributed by atoms with Gasteiger partial charge in [0, 0.05) is 27.2 Å². The summed E-state index contributed by atoms with van der Waals surface area (Å²) in [6, 6.07) is -5.53. The third-order valence-corrected chi connectivity index (χ3v) is 18.8. The molecule has 3 amide bonds. The first-order valence-corrected chi connectivity index (χ1v) is 32.6. The molecule has 0 radical (unpaired) electrons. The SMILES string of the molecule is CC(=O)N[C@@H]1[C@H](O[C@H]2[C@@H](O)[C@@H](CO[C@@H]3O[C@H](CO)[C@@H](O[C@@H]4O[C@H](CO)[C@H](O)[C@H](O)[C@H]4O)[C@H](O[C@@H]4O[C@@H](C)[C@@H](O)[C@@H](O)[C@@H]4O)[C@H]3NC(C)=O)O[C@@H](O[C@H]3[C@H](O)[C@@H](O)[C@H](O)O[C@@H]3CO)[C@@H]2O)O[C@H](CO)[C@@H](O[C@@H]2O[C@H](CO[C@]3(C(=O)O)C[C@H](O)[C@@H](NC(C)=O)[C@H]([C@H](O)[C@H](O)CO)O3)[C@H](O)[C@H](O)[C@H]2O)[C@@H]1O. The van der Waals surface area contributed by atoms with Crippen molar-refractivity contribution in [3.05, 3.63) is 0 Å². The van der Waals surface area contributed by atoms with Gasteiger partial charge in [0.25, 0.3) is 5.79 Å². The first-order chi connectivity index (χ1) is 48.5. The summed E-state index contributed by atoms with van der Waals surface area (Å²) in [5.74, 6) is -7.83. The van der Waals surface area contributed by atoms with E-state index in [0.717, 1.165) is 20.8 Å². The number of carbonyl (C=O) groups is 4. The Morgan fingerprint density at radius 3 is 1.39 bits per heavy atom. The Morgan fingerprint density at radius 1 is 0.417 bits per heavy atom. The normalized spacial score (nSPS) is 48.3. The van der Waals surface area contributed by atoms with E-state index >= 15 is 0 Å². The van der Waals surface area contributed by atoms with E-state index in [9.17, 15) is 142 Å². The number of rotatable bonds is 27. The molecule has 8 fully saturated rings. The average molecular weight is 1510 g/mol. The molecule has 27 N–H and O–H groups in total. The Labute approximate surface area is 582 Å². The number of nitrogens with one attached hydrogen (secondary N) is 3. The lowest BCUT2D eigenvalue weighted by molar-refractivity contribution is -0.388. The maximum absolute atomic E-state index is 13.2. The summed E-state index contributed by atoms with van der Waals surface area (Å²) in [7, 11) is 0. The summed E-state index contributed by atoms with van der Waals surface area (Å²) in [6.07, 6.45) is -77.4. The van der Waals surface area contributed by atoms with Crippen molar-refractivity contribution in [2.75, 3.05) is 46.2 Å². The number of hydrogen-bond donors (Lipinski definition) is 27. The number of carboxylic acids is 1. The van der Waals surface area contributed by atoms with Gasteiger partial charge in [-0.2, -0.15) is 0 Å². The second-order valence-electron chi connectivity index (χ2n) is 26.1. The highest BCUT2D eigenvalue weighted by molar-refractivity contribution is 5.77. The molecule has 0 unspecified atom stereocenters. The molecule has 103 heavy (non-hydrogen) atoms. The van der Waals surface area contributed by atoms with Crippen molar-refractivity contribution in [3.8, 4) is 0 Å². The maximum atomic E-state index is 13.2. The van der Waals surface area contributed by atoms with E-state index in [0.29, 0.717) is 0 Å². The first kappa shape index (κ1) is 85.0. The molecule has 0 saturated carbocycles. The van der Waals surface area contributed by atoms with E-state index in [2.05, 4.69) is 16.0 Å². The Balaban J connectivity index is 1.08. The van der Waals surface area contributed by atoms with E-state index in [-0.39, 0.29) is 0 Å². The van der Waals surface area contributed by atoms with Crippen LogP contribution in [0.2, 0.25) is 0 Å². The number of aliphatic carboxylic acids is 1. The number of amides is 3. The zero-order valence-electron chi connectivity index (χ0n) is 55.2. The Kier molecular flexibility index (Phi) is 29.9. The molecule has 8 saturated heterocycles. The number of carbonyl (C=O) groups excluding carboxylic acids is 3. The van der Waals surface area contributed by atoms with Gasteiger partial charge < -0.3 is 210 Å². The minimum absolute atomic E-state index is 0.824. The number of aliphatic hydroxyl groups excluding tert-OH is 23. The van der Waals surface area contributed by atoms with Crippen LogP contribution in [0.15, 0.2) is 0 Å². The molecular formula is C57H95N3O43. The smallest absolute Gasteiger partial charge is 0.364 e. The van der Waals surface area contributed by atoms with Crippen LogP contribution in [0.3, 0.4) is 0 Å². The predicted molar refractivity (Wildman–Crippen MR) is 315 cm³/mol. The summed E-state index contributed by atoms with van der Waals surface area (Å²) >= 11 is 0. The molecule has 0 aromatic rings. The maximum Gasteiger partial charge on any atom is 0.364 e. The molecular weight excluding hydrogens is 1410 g/mol. The number of ether oxygens (including phenoxy) is 15. The minimum Gasteiger partial charge on any atom is -0.477 e. The van der Waals surface area contributed by atoms with Crippen LogP contribution in [-0.4, -0.2) is 444 Å². The summed E-state index contributed by atoms with van der Waals surface area (Å²) < 4.78 is 87.8. The molecule has 0 bridgehead atoms. The Bertz CT molecular complexity index is 2720. The summed E-state index contributed by atoms with van der Waals surface area (Å²) in [6.45, 7) is -3.70. The molecule has 8 rings (SSSR count). The minimum atomic E-state index is -3.06. The highest BCUT2D eigenvalue weighted by Crippen LogP contribution is 2.40. The fourth-order valence-corrected chi connectivity index (χ4v) is 13.1. The monoisotopic (exact) mass is 1510 g/mol. The zero-order chi connectivity index (χ0) is 76.3. The van der Waals surface area contributed by atoms with Gasteiger partial charge in [-0.1, -0.05) is 0 Å². The molecule has 0 aromatic heterocycles. The summed E-state index contributed by atoms with van der Waals surface area (Å²) in [4.78, 5) is 51.3. The zero-order valence-corrected chi connectivity index (χ0v) is 55.2. The van der Waals surface area contributed by atoms with Crippen LogP contribution in [0.4, 0.5) is 0 Å². The Hall–Kier alpha value is -3.64. The van der Waals surface area contributed by atoms with E-state index < -0.39 is 327 Å². The van der Waals surface area contributed by atoms with E-state index in [4.69, 9.17) is 71.1 Å². The molecule has 0 aromatic carbocycles. The van der Waals surface area contributed by atoms with Crippen molar-refractivity contribution in [3.63, 3.8) is 0 Å². The van der Waals surface area contributed by atoms with E-state index in [1.807, 2.05) is 0 Å². The van der Waals surface area contributed by atoms with Gasteiger partial charge in [0.2, 0.25) is 17.7 Å². The van der Waals surface area contributed by atoms with Crippen LogP contribution in [0.25, 0.3) is 0 Å². The topological polar surface area (TPSA) is 728 Å². The molecule has 8 heterocycles. The third kappa shape index (κ3) is 18.6. The van der Waals surface area contributed by atoms with Crippen LogP contribution < -0.4 is 16.0 Å². The molecule has 596 valence electrons. The fraction of sp³-hybridized carbons (Fsp3) is 0.930. The van der Waals surface area contributed by atoms with Gasteiger partial charge in [0.1, 0.15) is 183 Å². The van der Waals surface area contributed by atoms with Crippen LogP contribution in [-0.2, 0) is 90.2 Å². The summed E-state index contributed by atoms with van der Waals surface area (Å²) in [5, 5.41) is 269. The quantitative estimate of drug-likeness (QED) is 0.0363. The average Bonchev–Trinajstić information content (AvgIpc) is 0.774. The van der Waals surface area contributed by atoms with Crippen molar-refractivity contribution in [2.45, 2.75) is 285 Å². The van der Waals surface area contributed by atoms with Crippen LogP contribution in [0.5, 0.6) is 0 Å². The van der Waals surface area contributed by atoms with Crippen molar-refractivity contribution in [1.82, 2.24) is 16.0 Å². The lowest BCUT2D eigenvalue weighted by atomic mass is 9.88. The lowest BCUT2D eigenvalue weighted by Gasteiger charge is -2.51. The van der Waals surface area contributed by atoms with E-state index in [1.54, 1.807) is 0 Å². The van der Waals surface area contributed by atoms with Crippen molar-refractivity contribution >= 4 is 23.7 Å². The fourth-order valence-electron chi connectivity index (χ4n) is 13.1. The van der Waals surface area contributed by atoms with Gasteiger partial charge in [0.05, 0.1) is 64.5 Å². The van der Waals surface area contributed by atoms with Gasteiger partial charge >= 0.3 is 5.97 Å². The standard InChI is InChI=1S/C57H95N3O43/c1-13-28(71)34(77)39(82)52(91-13)101-47-27(60-16(4)68)50(94-22(10-65)45(47)100-53-40(83)35(78)30(73)19(7-62)93-53)89-11-23-32(75)48(42(85)55(96-23)99-44-20(8-63)92-49(86)38(81)37(44)80)102-51-26(59-15(3)67)33(76)43(21(9-64)95-51)98-54-41(84)36(79)31(74)24(97-54)12-90-57(56(87)88)5-17(69)25(58-14(2)66)46(103-57)29(72)18(70)6-61/h13,17-55,61-65,69-86H,5-12H2,1-4H3,(H,58,66)(H,59,67)(H,60,68)(H,87,88)/t13-,17-,18+,19+,20+,21+,22+,23+,24+,25+,26-,27+,28+,29+,30-,31-,32-,33+,34+,35-,36-,37+,38+,39-,40+,41+,42+,43+,44+,45+,46+,47+,48-,49+,50+,51-,52-,53-,54-,55-,57+/m0/s1. The molecule has 41 atom stereocenters. The van der Waals surface area contributed by atoms with E-state index in [1.165, 1.54) is 6.92 Å². The van der Waals surface area contributed by atoms with Crippen molar-refractivity contribution < 1.29 is 213 Å². The van der Waals surface area contributed by atoms with Crippen LogP contribution in [0, 0.1) is 0 Å². The number of hydrogen-bond acceptors (Lipinski definition) is 42. The Morgan fingerprint density at radius 2 is 0.845 bits per heavy atom. The molecule has 46 heteroatoms. The van der Waals surface area contributed by atoms with Crippen LogP contribution in [0.1, 0.15) is 34.1 Å². The number of carboxylic acid groups (broad SMARTS) is 1. The second-order valence-corrected chi connectivity index (χ2v) is 26.1. The molecule has 0 aliphatic carbocycles. The lowest BCUT2D eigenvalue weighted by Crippen LogP contribution is -2.70. The molecule has 8 aliphatic heterocycles. The van der Waals surface area contributed by atoms with Gasteiger partial charge in [-0.3, -0.25) is 14.4 Å². The highest BCUT2D eigenvalue weighted by Gasteiger charge is 2.61. The summed E-state index contributed by atoms with van der Waals surface area (Å²) in [5.41, 5.74) is 0. The third-order valence-electron chi connectivity index (χ3n) is 18.8. The van der Waals surface area contributed by atoms with Gasteiger partial charge in [-0.25, -0.2) is 4.79 Å². The molecule has 0 spiro atoms. The van der Waals surface area contributed by atoms with Crippen molar-refractivity contribution in [1.29, 1.82) is 0 Å². The molecule has 46 nitrogen and oxygen atoms in total. The van der Waals surface area contributed by atoms with Gasteiger partial charge in [0.15, 0.2) is 44.0 Å². The number of aliphatic hydroxyl groups is 23. The van der Waals surface area contributed by atoms with Gasteiger partial charge in [-0.05, 0) is 6.92 Å². The first-order valence-electron chi connectivity index (χ1n) is 32.6. The second kappa shape index (κ2) is 36.3. The highest BCUT2D eigenvalue weighted by atomic mass is 16.8. The predicted octanol–water partition coefficient (Wildman–Crippen LogP) is -17.8. The largest absolute Gasteiger partial charge is 0.477 e. The van der Waals surface area contributed by atoms with Crippen molar-refractivity contribution in [2.24, 2.45) is 0 Å². The molecule has 8 aliphatic rings. The van der Waals surface area contributed by atoms with Crippen LogP contribution >= 0.6 is 0 Å².